The standard InChI is InChI=1S/C18H22N2O4/c1-18(2,20-17(21)22)14-6-4-5-13(11-14)16-8-7-15(12-19-16)24-10-9-23-3/h4-8,11-12,20H,9-10H2,1-3H3,(H,21,22). The second kappa shape index (κ2) is 7.79. The maximum atomic E-state index is 10.9. The molecule has 1 heterocycles. The number of benzene rings is 1. The Kier molecular flexibility index (Phi) is 5.76. The van der Waals surface area contributed by atoms with E-state index in [-0.39, 0.29) is 0 Å². The zero-order chi connectivity index (χ0) is 17.6. The summed E-state index contributed by atoms with van der Waals surface area (Å²) in [7, 11) is 1.62. The van der Waals surface area contributed by atoms with Crippen molar-refractivity contribution in [2.45, 2.75) is 19.4 Å². The number of methoxy groups -OCH3 is 1. The van der Waals surface area contributed by atoms with Crippen LogP contribution in [0.4, 0.5) is 4.79 Å². The summed E-state index contributed by atoms with van der Waals surface area (Å²) in [6.07, 6.45) is 0.610. The fourth-order valence-electron chi connectivity index (χ4n) is 2.29. The zero-order valence-electron chi connectivity index (χ0n) is 14.1. The molecule has 1 amide bonds. The molecule has 2 aromatic rings. The van der Waals surface area contributed by atoms with E-state index in [1.54, 1.807) is 13.3 Å². The van der Waals surface area contributed by atoms with Gasteiger partial charge in [-0.05, 0) is 37.6 Å². The first-order valence-electron chi connectivity index (χ1n) is 7.62. The number of nitrogens with one attached hydrogen (secondary N) is 1. The van der Waals surface area contributed by atoms with Gasteiger partial charge < -0.3 is 19.9 Å². The van der Waals surface area contributed by atoms with E-state index in [1.165, 1.54) is 0 Å². The molecule has 0 aliphatic heterocycles. The van der Waals surface area contributed by atoms with E-state index in [0.717, 1.165) is 16.8 Å². The lowest BCUT2D eigenvalue weighted by atomic mass is 9.92. The summed E-state index contributed by atoms with van der Waals surface area (Å²) in [5.74, 6) is 0.680. The molecule has 128 valence electrons. The quantitative estimate of drug-likeness (QED) is 0.762. The number of pyridine rings is 1. The Morgan fingerprint density at radius 2 is 2.04 bits per heavy atom. The van der Waals surface area contributed by atoms with Gasteiger partial charge in [-0.3, -0.25) is 4.98 Å². The fraction of sp³-hybridized carbons (Fsp3) is 0.333. The summed E-state index contributed by atoms with van der Waals surface area (Å²) in [6, 6.07) is 11.4. The Bertz CT molecular complexity index is 684. The number of carboxylic acid groups (broad SMARTS) is 1. The summed E-state index contributed by atoms with van der Waals surface area (Å²) >= 11 is 0. The molecular weight excluding hydrogens is 308 g/mol. The molecule has 0 bridgehead atoms. The smallest absolute Gasteiger partial charge is 0.405 e. The molecule has 2 N–H and O–H groups in total. The molecule has 24 heavy (non-hydrogen) atoms. The second-order valence-electron chi connectivity index (χ2n) is 5.86. The number of rotatable bonds is 7. The Hall–Kier alpha value is -2.60. The predicted molar refractivity (Wildman–Crippen MR) is 91.2 cm³/mol. The van der Waals surface area contributed by atoms with Gasteiger partial charge in [-0.2, -0.15) is 0 Å². The molecular formula is C18H22N2O4. The van der Waals surface area contributed by atoms with Crippen LogP contribution < -0.4 is 10.1 Å². The van der Waals surface area contributed by atoms with Crippen molar-refractivity contribution in [1.29, 1.82) is 0 Å². The highest BCUT2D eigenvalue weighted by Gasteiger charge is 2.22. The van der Waals surface area contributed by atoms with Crippen LogP contribution in [0.1, 0.15) is 19.4 Å². The number of amides is 1. The summed E-state index contributed by atoms with van der Waals surface area (Å²) in [5, 5.41) is 11.5. The van der Waals surface area contributed by atoms with Crippen molar-refractivity contribution >= 4 is 6.09 Å². The van der Waals surface area contributed by atoms with E-state index in [4.69, 9.17) is 14.6 Å². The third-order valence-corrected chi connectivity index (χ3v) is 3.59. The number of carbonyl (C=O) groups is 1. The topological polar surface area (TPSA) is 80.7 Å². The molecule has 0 saturated heterocycles. The van der Waals surface area contributed by atoms with E-state index in [1.807, 2.05) is 50.2 Å². The van der Waals surface area contributed by atoms with Crippen LogP contribution in [-0.4, -0.2) is 36.5 Å². The van der Waals surface area contributed by atoms with Crippen molar-refractivity contribution < 1.29 is 19.4 Å². The van der Waals surface area contributed by atoms with Crippen LogP contribution in [-0.2, 0) is 10.3 Å². The minimum Gasteiger partial charge on any atom is -0.490 e. The highest BCUT2D eigenvalue weighted by Crippen LogP contribution is 2.26. The minimum absolute atomic E-state index is 0.474. The lowest BCUT2D eigenvalue weighted by molar-refractivity contribution is 0.146. The molecule has 0 aliphatic carbocycles. The van der Waals surface area contributed by atoms with Gasteiger partial charge in [0.25, 0.3) is 0 Å². The Morgan fingerprint density at radius 3 is 2.67 bits per heavy atom. The van der Waals surface area contributed by atoms with Crippen LogP contribution in [0.15, 0.2) is 42.6 Å². The number of nitrogens with zero attached hydrogens (tertiary/aromatic N) is 1. The third kappa shape index (κ3) is 4.70. The largest absolute Gasteiger partial charge is 0.490 e. The summed E-state index contributed by atoms with van der Waals surface area (Å²) in [6.45, 7) is 4.64. The molecule has 0 spiro atoms. The van der Waals surface area contributed by atoms with E-state index < -0.39 is 11.6 Å². The first kappa shape index (κ1) is 17.7. The predicted octanol–water partition coefficient (Wildman–Crippen LogP) is 3.28. The molecule has 0 aliphatic rings. The molecule has 1 aromatic heterocycles. The number of hydrogen-bond acceptors (Lipinski definition) is 4. The Balaban J connectivity index is 2.17. The molecule has 0 atom stereocenters. The van der Waals surface area contributed by atoms with Crippen LogP contribution in [0.3, 0.4) is 0 Å². The average Bonchev–Trinajstić information content (AvgIpc) is 2.55. The van der Waals surface area contributed by atoms with Gasteiger partial charge in [0.05, 0.1) is 24.0 Å². The number of ether oxygens (including phenoxy) is 2. The first-order chi connectivity index (χ1) is 11.4. The number of hydrogen-bond donors (Lipinski definition) is 2. The van der Waals surface area contributed by atoms with Crippen molar-refractivity contribution in [3.63, 3.8) is 0 Å². The first-order valence-corrected chi connectivity index (χ1v) is 7.62. The van der Waals surface area contributed by atoms with Gasteiger partial charge in [-0.1, -0.05) is 18.2 Å². The van der Waals surface area contributed by atoms with Gasteiger partial charge in [0.2, 0.25) is 0 Å². The molecule has 2 rings (SSSR count). The van der Waals surface area contributed by atoms with E-state index in [9.17, 15) is 4.79 Å². The SMILES string of the molecule is COCCOc1ccc(-c2cccc(C(C)(C)NC(=O)O)c2)nc1. The van der Waals surface area contributed by atoms with E-state index in [2.05, 4.69) is 10.3 Å². The van der Waals surface area contributed by atoms with Crippen LogP contribution in [0.5, 0.6) is 5.75 Å². The Labute approximate surface area is 141 Å². The molecule has 0 saturated carbocycles. The van der Waals surface area contributed by atoms with Gasteiger partial charge in [0.15, 0.2) is 0 Å². The maximum absolute atomic E-state index is 10.9. The van der Waals surface area contributed by atoms with E-state index >= 15 is 0 Å². The van der Waals surface area contributed by atoms with Crippen LogP contribution in [0, 0.1) is 0 Å². The van der Waals surface area contributed by atoms with E-state index in [0.29, 0.717) is 19.0 Å². The minimum atomic E-state index is -1.05. The van der Waals surface area contributed by atoms with Crippen molar-refractivity contribution in [2.75, 3.05) is 20.3 Å². The van der Waals surface area contributed by atoms with Crippen LogP contribution in [0.2, 0.25) is 0 Å². The molecule has 6 heteroatoms. The van der Waals surface area contributed by atoms with Crippen molar-refractivity contribution in [3.05, 3.63) is 48.2 Å². The van der Waals surface area contributed by atoms with Crippen molar-refractivity contribution in [2.24, 2.45) is 0 Å². The van der Waals surface area contributed by atoms with Crippen LogP contribution >= 0.6 is 0 Å². The lowest BCUT2D eigenvalue weighted by Crippen LogP contribution is -2.40. The van der Waals surface area contributed by atoms with Gasteiger partial charge in [-0.15, -0.1) is 0 Å². The fourth-order valence-corrected chi connectivity index (χ4v) is 2.29. The summed E-state index contributed by atoms with van der Waals surface area (Å²) in [4.78, 5) is 15.4. The average molecular weight is 330 g/mol. The third-order valence-electron chi connectivity index (χ3n) is 3.59. The highest BCUT2D eigenvalue weighted by atomic mass is 16.5. The molecule has 0 unspecified atom stereocenters. The van der Waals surface area contributed by atoms with Crippen LogP contribution in [0.25, 0.3) is 11.3 Å². The summed E-state index contributed by atoms with van der Waals surface area (Å²) < 4.78 is 10.4. The number of aromatic nitrogens is 1. The second-order valence-corrected chi connectivity index (χ2v) is 5.86. The molecule has 1 aromatic carbocycles. The van der Waals surface area contributed by atoms with Gasteiger partial charge in [0, 0.05) is 12.7 Å². The van der Waals surface area contributed by atoms with Crippen molar-refractivity contribution in [1.82, 2.24) is 10.3 Å². The molecule has 6 nitrogen and oxygen atoms in total. The Morgan fingerprint density at radius 1 is 1.25 bits per heavy atom. The maximum Gasteiger partial charge on any atom is 0.405 e. The lowest BCUT2D eigenvalue weighted by Gasteiger charge is -2.25. The van der Waals surface area contributed by atoms with Gasteiger partial charge in [0.1, 0.15) is 12.4 Å². The molecule has 0 radical (unpaired) electrons. The molecule has 0 fully saturated rings. The van der Waals surface area contributed by atoms with Gasteiger partial charge >= 0.3 is 6.09 Å². The van der Waals surface area contributed by atoms with Gasteiger partial charge in [-0.25, -0.2) is 4.79 Å². The van der Waals surface area contributed by atoms with Crippen molar-refractivity contribution in [3.8, 4) is 17.0 Å². The summed E-state index contributed by atoms with van der Waals surface area (Å²) in [5.41, 5.74) is 1.88. The monoisotopic (exact) mass is 330 g/mol. The zero-order valence-corrected chi connectivity index (χ0v) is 14.1. The normalized spacial score (nSPS) is 11.1. The highest BCUT2D eigenvalue weighted by molar-refractivity contribution is 5.67.